The molecular weight excluding hydrogens is 304 g/mol. The van der Waals surface area contributed by atoms with Crippen molar-refractivity contribution in [2.75, 3.05) is 7.05 Å². The fraction of sp³-hybridized carbons (Fsp3) is 0.222. The number of hydrogen-bond acceptors (Lipinski definition) is 5. The zero-order valence-corrected chi connectivity index (χ0v) is 14.0. The highest BCUT2D eigenvalue weighted by Crippen LogP contribution is 2.38. The number of carbonyl (C=O) groups is 1. The van der Waals surface area contributed by atoms with Crippen LogP contribution in [0.5, 0.6) is 0 Å². The van der Waals surface area contributed by atoms with Crippen molar-refractivity contribution in [1.82, 2.24) is 20.3 Å². The Balaban J connectivity index is 2.42. The fourth-order valence-corrected chi connectivity index (χ4v) is 3.22. The highest BCUT2D eigenvalue weighted by Gasteiger charge is 2.24. The van der Waals surface area contributed by atoms with Gasteiger partial charge in [0, 0.05) is 36.1 Å². The molecule has 1 N–H and O–H groups in total. The Morgan fingerprint density at radius 2 is 1.71 bits per heavy atom. The summed E-state index contributed by atoms with van der Waals surface area (Å²) in [7, 11) is 1.62. The standard InChI is InChI=1S/C18H18N4O2/c1-10-15(13-7-20-5-6-21-13)11(2)17(18(23)19-4)12(3)16(10)14-8-24-9-22-14/h5-9H,1-4H3,(H,19,23). The van der Waals surface area contributed by atoms with Crippen molar-refractivity contribution in [1.29, 1.82) is 0 Å². The molecule has 0 atom stereocenters. The molecule has 3 aromatic rings. The van der Waals surface area contributed by atoms with Crippen LogP contribution in [0.3, 0.4) is 0 Å². The van der Waals surface area contributed by atoms with E-state index in [2.05, 4.69) is 20.3 Å². The molecule has 6 nitrogen and oxygen atoms in total. The Hall–Kier alpha value is -3.02. The zero-order valence-electron chi connectivity index (χ0n) is 14.0. The maximum atomic E-state index is 12.5. The minimum Gasteiger partial charge on any atom is -0.451 e. The molecule has 0 radical (unpaired) electrons. The van der Waals surface area contributed by atoms with Crippen molar-refractivity contribution in [2.24, 2.45) is 0 Å². The molecule has 0 aliphatic heterocycles. The number of nitrogens with zero attached hydrogens (tertiary/aromatic N) is 3. The van der Waals surface area contributed by atoms with E-state index < -0.39 is 0 Å². The third-order valence-electron chi connectivity index (χ3n) is 4.21. The number of nitrogens with one attached hydrogen (secondary N) is 1. The number of aromatic nitrogens is 3. The third-order valence-corrected chi connectivity index (χ3v) is 4.21. The number of hydrogen-bond donors (Lipinski definition) is 1. The summed E-state index contributed by atoms with van der Waals surface area (Å²) in [4.78, 5) is 25.3. The van der Waals surface area contributed by atoms with Gasteiger partial charge < -0.3 is 9.73 Å². The summed E-state index contributed by atoms with van der Waals surface area (Å²) in [6.45, 7) is 5.86. The molecule has 0 unspecified atom stereocenters. The van der Waals surface area contributed by atoms with Crippen molar-refractivity contribution in [3.8, 4) is 22.5 Å². The van der Waals surface area contributed by atoms with E-state index in [0.717, 1.165) is 33.5 Å². The maximum Gasteiger partial charge on any atom is 0.251 e. The van der Waals surface area contributed by atoms with Crippen LogP contribution in [0.2, 0.25) is 0 Å². The molecule has 2 heterocycles. The van der Waals surface area contributed by atoms with E-state index in [4.69, 9.17) is 4.42 Å². The van der Waals surface area contributed by atoms with Crippen LogP contribution >= 0.6 is 0 Å². The summed E-state index contributed by atoms with van der Waals surface area (Å²) in [5.74, 6) is -0.139. The summed E-state index contributed by atoms with van der Waals surface area (Å²) < 4.78 is 5.14. The Morgan fingerprint density at radius 1 is 1.00 bits per heavy atom. The van der Waals surface area contributed by atoms with Gasteiger partial charge in [0.15, 0.2) is 6.39 Å². The maximum absolute atomic E-state index is 12.5. The topological polar surface area (TPSA) is 80.9 Å². The lowest BCUT2D eigenvalue weighted by molar-refractivity contribution is 0.0962. The normalized spacial score (nSPS) is 10.7. The number of amides is 1. The quantitative estimate of drug-likeness (QED) is 0.801. The molecule has 3 rings (SSSR count). The van der Waals surface area contributed by atoms with Crippen molar-refractivity contribution in [3.63, 3.8) is 0 Å². The summed E-state index contributed by atoms with van der Waals surface area (Å²) in [6.07, 6.45) is 7.93. The number of benzene rings is 1. The molecule has 1 amide bonds. The molecule has 122 valence electrons. The van der Waals surface area contributed by atoms with Crippen molar-refractivity contribution in [2.45, 2.75) is 20.8 Å². The third kappa shape index (κ3) is 2.46. The van der Waals surface area contributed by atoms with Gasteiger partial charge in [0.1, 0.15) is 12.0 Å². The van der Waals surface area contributed by atoms with Gasteiger partial charge in [0.05, 0.1) is 11.9 Å². The summed E-state index contributed by atoms with van der Waals surface area (Å²) in [5.41, 5.74) is 6.55. The Labute approximate surface area is 140 Å². The van der Waals surface area contributed by atoms with Gasteiger partial charge in [-0.15, -0.1) is 0 Å². The molecule has 0 spiro atoms. The van der Waals surface area contributed by atoms with Gasteiger partial charge in [-0.05, 0) is 37.5 Å². The van der Waals surface area contributed by atoms with Gasteiger partial charge in [0.25, 0.3) is 5.91 Å². The minimum absolute atomic E-state index is 0.139. The Bertz CT molecular complexity index is 887. The molecule has 0 aliphatic carbocycles. The SMILES string of the molecule is CNC(=O)c1c(C)c(-c2cnccn2)c(C)c(-c2cocn2)c1C. The molecule has 6 heteroatoms. The molecule has 1 aromatic carbocycles. The Kier molecular flexibility index (Phi) is 4.12. The number of rotatable bonds is 3. The van der Waals surface area contributed by atoms with E-state index in [0.29, 0.717) is 11.3 Å². The zero-order chi connectivity index (χ0) is 17.3. The summed E-state index contributed by atoms with van der Waals surface area (Å²) in [5, 5.41) is 2.71. The fourth-order valence-electron chi connectivity index (χ4n) is 3.22. The largest absolute Gasteiger partial charge is 0.451 e. The molecule has 2 aromatic heterocycles. The van der Waals surface area contributed by atoms with Gasteiger partial charge in [-0.3, -0.25) is 14.8 Å². The molecule has 0 saturated carbocycles. The van der Waals surface area contributed by atoms with Crippen LogP contribution in [0.1, 0.15) is 27.0 Å². The smallest absolute Gasteiger partial charge is 0.251 e. The van der Waals surface area contributed by atoms with E-state index in [-0.39, 0.29) is 5.91 Å². The molecule has 0 fully saturated rings. The average molecular weight is 322 g/mol. The first kappa shape index (κ1) is 15.9. The number of carbonyl (C=O) groups excluding carboxylic acids is 1. The monoisotopic (exact) mass is 322 g/mol. The molecule has 24 heavy (non-hydrogen) atoms. The minimum atomic E-state index is -0.139. The van der Waals surface area contributed by atoms with Crippen LogP contribution in [0.25, 0.3) is 22.5 Å². The van der Waals surface area contributed by atoms with Gasteiger partial charge in [0.2, 0.25) is 0 Å². The van der Waals surface area contributed by atoms with Crippen molar-refractivity contribution in [3.05, 3.63) is 53.5 Å². The van der Waals surface area contributed by atoms with Crippen molar-refractivity contribution >= 4 is 5.91 Å². The van der Waals surface area contributed by atoms with Crippen LogP contribution in [0, 0.1) is 20.8 Å². The lowest BCUT2D eigenvalue weighted by atomic mass is 9.85. The second kappa shape index (κ2) is 6.23. The second-order valence-electron chi connectivity index (χ2n) is 5.54. The van der Waals surface area contributed by atoms with E-state index in [9.17, 15) is 4.79 Å². The van der Waals surface area contributed by atoms with Crippen LogP contribution in [-0.2, 0) is 0 Å². The lowest BCUT2D eigenvalue weighted by Gasteiger charge is -2.20. The van der Waals surface area contributed by atoms with Gasteiger partial charge >= 0.3 is 0 Å². The second-order valence-corrected chi connectivity index (χ2v) is 5.54. The van der Waals surface area contributed by atoms with Crippen LogP contribution in [0.4, 0.5) is 0 Å². The first-order chi connectivity index (χ1) is 11.6. The van der Waals surface area contributed by atoms with Crippen LogP contribution in [0.15, 0.2) is 35.7 Å². The van der Waals surface area contributed by atoms with Gasteiger partial charge in [-0.2, -0.15) is 0 Å². The first-order valence-electron chi connectivity index (χ1n) is 7.57. The first-order valence-corrected chi connectivity index (χ1v) is 7.57. The predicted molar refractivity (Wildman–Crippen MR) is 90.6 cm³/mol. The number of oxazole rings is 1. The highest BCUT2D eigenvalue weighted by molar-refractivity contribution is 6.01. The van der Waals surface area contributed by atoms with Crippen LogP contribution < -0.4 is 5.32 Å². The van der Waals surface area contributed by atoms with Gasteiger partial charge in [-0.1, -0.05) is 0 Å². The van der Waals surface area contributed by atoms with E-state index >= 15 is 0 Å². The highest BCUT2D eigenvalue weighted by atomic mass is 16.3. The summed E-state index contributed by atoms with van der Waals surface area (Å²) in [6, 6.07) is 0. The molecule has 0 bridgehead atoms. The predicted octanol–water partition coefficient (Wildman–Crippen LogP) is 3.08. The molecule has 0 saturated heterocycles. The lowest BCUT2D eigenvalue weighted by Crippen LogP contribution is -2.21. The average Bonchev–Trinajstić information content (AvgIpc) is 3.09. The van der Waals surface area contributed by atoms with E-state index in [1.807, 2.05) is 20.8 Å². The van der Waals surface area contributed by atoms with Gasteiger partial charge in [-0.25, -0.2) is 4.98 Å². The van der Waals surface area contributed by atoms with E-state index in [1.165, 1.54) is 6.39 Å². The summed E-state index contributed by atoms with van der Waals surface area (Å²) >= 11 is 0. The molecular formula is C18H18N4O2. The Morgan fingerprint density at radius 3 is 2.25 bits per heavy atom. The molecule has 0 aliphatic rings. The van der Waals surface area contributed by atoms with Crippen molar-refractivity contribution < 1.29 is 9.21 Å². The van der Waals surface area contributed by atoms with E-state index in [1.54, 1.807) is 31.9 Å². The van der Waals surface area contributed by atoms with Crippen LogP contribution in [-0.4, -0.2) is 27.9 Å².